The fraction of sp³-hybridized carbons (Fsp3) is 0.688. The molecule has 126 valence electrons. The van der Waals surface area contributed by atoms with E-state index in [2.05, 4.69) is 39.6 Å². The summed E-state index contributed by atoms with van der Waals surface area (Å²) < 4.78 is 6.59. The zero-order valence-electron chi connectivity index (χ0n) is 14.3. The van der Waals surface area contributed by atoms with Gasteiger partial charge in [-0.2, -0.15) is 0 Å². The number of nitrogens with zero attached hydrogens (tertiary/aromatic N) is 1. The third-order valence-electron chi connectivity index (χ3n) is 3.09. The molecule has 0 bridgehead atoms. The molecule has 6 heteroatoms. The summed E-state index contributed by atoms with van der Waals surface area (Å²) in [7, 11) is 0. The van der Waals surface area contributed by atoms with Crippen molar-refractivity contribution in [1.29, 1.82) is 0 Å². The van der Waals surface area contributed by atoms with E-state index in [1.807, 2.05) is 34.6 Å². The molecule has 4 nitrogen and oxygen atoms in total. The molecule has 1 rings (SSSR count). The van der Waals surface area contributed by atoms with Crippen molar-refractivity contribution in [3.05, 3.63) is 20.8 Å². The highest BCUT2D eigenvalue weighted by atomic mass is 79.9. The Labute approximate surface area is 146 Å². The Hall–Kier alpha value is -0.590. The van der Waals surface area contributed by atoms with Crippen molar-refractivity contribution in [2.24, 2.45) is 0 Å². The predicted octanol–water partition coefficient (Wildman–Crippen LogP) is 4.81. The van der Waals surface area contributed by atoms with Gasteiger partial charge < -0.3 is 15.0 Å². The fourth-order valence-corrected chi connectivity index (χ4v) is 3.74. The zero-order chi connectivity index (χ0) is 16.9. The lowest BCUT2D eigenvalue weighted by Crippen LogP contribution is -2.44. The van der Waals surface area contributed by atoms with E-state index in [0.717, 1.165) is 11.0 Å². The van der Waals surface area contributed by atoms with Crippen molar-refractivity contribution in [3.8, 4) is 0 Å². The number of carbonyl (C=O) groups excluding carboxylic acids is 1. The summed E-state index contributed by atoms with van der Waals surface area (Å²) in [5.41, 5.74) is -0.465. The highest BCUT2D eigenvalue weighted by Crippen LogP contribution is 2.28. The highest BCUT2D eigenvalue weighted by molar-refractivity contribution is 9.10. The van der Waals surface area contributed by atoms with Gasteiger partial charge >= 0.3 is 6.09 Å². The first-order valence-electron chi connectivity index (χ1n) is 7.57. The molecule has 1 unspecified atom stereocenters. The third kappa shape index (κ3) is 6.26. The van der Waals surface area contributed by atoms with E-state index in [1.165, 1.54) is 4.88 Å². The van der Waals surface area contributed by atoms with E-state index in [4.69, 9.17) is 4.74 Å². The highest BCUT2D eigenvalue weighted by Gasteiger charge is 2.24. The summed E-state index contributed by atoms with van der Waals surface area (Å²) in [5, 5.41) is 5.53. The lowest BCUT2D eigenvalue weighted by molar-refractivity contribution is 0.0192. The van der Waals surface area contributed by atoms with Crippen LogP contribution in [0.1, 0.15) is 52.5 Å². The van der Waals surface area contributed by atoms with Crippen LogP contribution >= 0.6 is 27.3 Å². The maximum Gasteiger partial charge on any atom is 0.410 e. The van der Waals surface area contributed by atoms with Crippen LogP contribution in [-0.4, -0.2) is 35.7 Å². The van der Waals surface area contributed by atoms with Gasteiger partial charge in [-0.05, 0) is 68.9 Å². The monoisotopic (exact) mass is 390 g/mol. The number of amides is 1. The van der Waals surface area contributed by atoms with Crippen LogP contribution in [0, 0.1) is 0 Å². The van der Waals surface area contributed by atoms with Gasteiger partial charge in [-0.1, -0.05) is 0 Å². The van der Waals surface area contributed by atoms with E-state index < -0.39 is 5.60 Å². The van der Waals surface area contributed by atoms with Crippen LogP contribution < -0.4 is 5.32 Å². The average Bonchev–Trinajstić information content (AvgIpc) is 2.77. The molecule has 0 aliphatic rings. The second kappa shape index (κ2) is 8.31. The molecule has 0 saturated heterocycles. The number of hydrogen-bond acceptors (Lipinski definition) is 4. The molecule has 0 saturated carbocycles. The van der Waals surface area contributed by atoms with Crippen molar-refractivity contribution in [2.75, 3.05) is 13.1 Å². The van der Waals surface area contributed by atoms with Gasteiger partial charge in [0.1, 0.15) is 5.60 Å². The minimum atomic E-state index is -0.465. The molecule has 0 radical (unpaired) electrons. The first-order chi connectivity index (χ1) is 10.1. The van der Waals surface area contributed by atoms with Crippen LogP contribution in [0.5, 0.6) is 0 Å². The minimum absolute atomic E-state index is 0.112. The molecule has 1 heterocycles. The van der Waals surface area contributed by atoms with Crippen molar-refractivity contribution >= 4 is 33.4 Å². The summed E-state index contributed by atoms with van der Waals surface area (Å²) in [6.45, 7) is 13.1. The molecule has 0 aliphatic heterocycles. The van der Waals surface area contributed by atoms with Crippen LogP contribution in [0.4, 0.5) is 4.79 Å². The van der Waals surface area contributed by atoms with E-state index in [1.54, 1.807) is 16.2 Å². The van der Waals surface area contributed by atoms with Crippen LogP contribution in [0.2, 0.25) is 0 Å². The molecule has 1 aromatic rings. The first-order valence-corrected chi connectivity index (χ1v) is 9.25. The van der Waals surface area contributed by atoms with Crippen LogP contribution in [0.15, 0.2) is 15.9 Å². The van der Waals surface area contributed by atoms with E-state index >= 15 is 0 Å². The second-order valence-electron chi connectivity index (χ2n) is 6.58. The number of nitrogens with one attached hydrogen (secondary N) is 1. The van der Waals surface area contributed by atoms with Gasteiger partial charge in [0.25, 0.3) is 0 Å². The van der Waals surface area contributed by atoms with E-state index in [0.29, 0.717) is 6.54 Å². The van der Waals surface area contributed by atoms with Crippen molar-refractivity contribution < 1.29 is 9.53 Å². The zero-order valence-corrected chi connectivity index (χ0v) is 16.7. The summed E-state index contributed by atoms with van der Waals surface area (Å²) in [6, 6.07) is 2.42. The normalized spacial score (nSPS) is 13.3. The van der Waals surface area contributed by atoms with E-state index in [-0.39, 0.29) is 18.2 Å². The summed E-state index contributed by atoms with van der Waals surface area (Å²) in [4.78, 5) is 15.3. The number of ether oxygens (including phenoxy) is 1. The molecular formula is C16H27BrN2O2S. The number of halogens is 1. The van der Waals surface area contributed by atoms with Gasteiger partial charge in [-0.25, -0.2) is 4.79 Å². The Balaban J connectivity index is 2.51. The first kappa shape index (κ1) is 19.5. The fourth-order valence-electron chi connectivity index (χ4n) is 1.99. The molecule has 0 aromatic carbocycles. The van der Waals surface area contributed by atoms with E-state index in [9.17, 15) is 4.79 Å². The molecule has 22 heavy (non-hydrogen) atoms. The van der Waals surface area contributed by atoms with Gasteiger partial charge in [0.05, 0.1) is 0 Å². The SMILES string of the molecule is CC(NCCN(C(=O)OC(C)(C)C)C(C)C)c1sccc1Br. The molecular weight excluding hydrogens is 364 g/mol. The van der Waals surface area contributed by atoms with Crippen molar-refractivity contribution in [1.82, 2.24) is 10.2 Å². The van der Waals surface area contributed by atoms with Crippen molar-refractivity contribution in [2.45, 2.75) is 59.2 Å². The van der Waals surface area contributed by atoms with Crippen LogP contribution in [0.3, 0.4) is 0 Å². The number of hydrogen-bond donors (Lipinski definition) is 1. The standard InChI is InChI=1S/C16H27BrN2O2S/c1-11(2)19(15(20)21-16(4,5)6)9-8-18-12(3)14-13(17)7-10-22-14/h7,10-12,18H,8-9H2,1-6H3. The Morgan fingerprint density at radius 1 is 1.41 bits per heavy atom. The largest absolute Gasteiger partial charge is 0.444 e. The van der Waals surface area contributed by atoms with Crippen molar-refractivity contribution in [3.63, 3.8) is 0 Å². The molecule has 0 spiro atoms. The topological polar surface area (TPSA) is 41.6 Å². The smallest absolute Gasteiger partial charge is 0.410 e. The average molecular weight is 391 g/mol. The second-order valence-corrected chi connectivity index (χ2v) is 8.38. The quantitative estimate of drug-likeness (QED) is 0.757. The van der Waals surface area contributed by atoms with Gasteiger partial charge in [-0.3, -0.25) is 0 Å². The molecule has 1 amide bonds. The van der Waals surface area contributed by atoms with Crippen LogP contribution in [0.25, 0.3) is 0 Å². The van der Waals surface area contributed by atoms with Gasteiger partial charge in [0, 0.05) is 34.5 Å². The summed E-state index contributed by atoms with van der Waals surface area (Å²) in [6.07, 6.45) is -0.255. The Morgan fingerprint density at radius 2 is 2.05 bits per heavy atom. The van der Waals surface area contributed by atoms with Gasteiger partial charge in [-0.15, -0.1) is 11.3 Å². The Bertz CT molecular complexity index is 483. The van der Waals surface area contributed by atoms with Gasteiger partial charge in [0.2, 0.25) is 0 Å². The maximum atomic E-state index is 12.2. The number of carbonyl (C=O) groups is 1. The summed E-state index contributed by atoms with van der Waals surface area (Å²) in [5.74, 6) is 0. The lowest BCUT2D eigenvalue weighted by atomic mass is 10.2. The predicted molar refractivity (Wildman–Crippen MR) is 96.5 cm³/mol. The summed E-state index contributed by atoms with van der Waals surface area (Å²) >= 11 is 5.28. The Kier molecular flexibility index (Phi) is 7.35. The number of rotatable bonds is 6. The van der Waals surface area contributed by atoms with Crippen LogP contribution in [-0.2, 0) is 4.74 Å². The molecule has 1 N–H and O–H groups in total. The molecule has 0 fully saturated rings. The molecule has 1 aromatic heterocycles. The van der Waals surface area contributed by atoms with Gasteiger partial charge in [0.15, 0.2) is 0 Å². The lowest BCUT2D eigenvalue weighted by Gasteiger charge is -2.30. The third-order valence-corrected chi connectivity index (χ3v) is 5.15. The number of thiophene rings is 1. The maximum absolute atomic E-state index is 12.2. The molecule has 0 aliphatic carbocycles. The molecule has 1 atom stereocenters. The minimum Gasteiger partial charge on any atom is -0.444 e. The Morgan fingerprint density at radius 3 is 2.50 bits per heavy atom.